The maximum Gasteiger partial charge on any atom is 0.138 e. The van der Waals surface area contributed by atoms with Gasteiger partial charge in [0.25, 0.3) is 0 Å². The molecule has 0 spiro atoms. The van der Waals surface area contributed by atoms with E-state index in [0.29, 0.717) is 23.6 Å². The molecule has 32 heavy (non-hydrogen) atoms. The summed E-state index contributed by atoms with van der Waals surface area (Å²) in [5.41, 5.74) is 1.55. The highest BCUT2D eigenvalue weighted by molar-refractivity contribution is 6.32. The molecule has 0 aliphatic carbocycles. The van der Waals surface area contributed by atoms with Gasteiger partial charge in [0.05, 0.1) is 5.02 Å². The van der Waals surface area contributed by atoms with Gasteiger partial charge in [-0.15, -0.1) is 0 Å². The van der Waals surface area contributed by atoms with Crippen LogP contribution >= 0.6 is 11.6 Å². The molecule has 2 fully saturated rings. The molecular weight excluding hydrogens is 424 g/mol. The van der Waals surface area contributed by atoms with Crippen LogP contribution in [0.3, 0.4) is 0 Å². The molecule has 5 nitrogen and oxygen atoms in total. The lowest BCUT2D eigenvalue weighted by atomic mass is 9.92. The Morgan fingerprint density at radius 1 is 0.938 bits per heavy atom. The average Bonchev–Trinajstić information content (AvgIpc) is 3.31. The fourth-order valence-electron chi connectivity index (χ4n) is 4.45. The molecule has 2 aliphatic rings. The number of nitrogens with zero attached hydrogens (tertiary/aromatic N) is 2. The van der Waals surface area contributed by atoms with Gasteiger partial charge in [0.2, 0.25) is 0 Å². The van der Waals surface area contributed by atoms with Crippen molar-refractivity contribution in [2.24, 2.45) is 0 Å². The molecule has 6 heteroatoms. The fourth-order valence-corrected chi connectivity index (χ4v) is 4.63. The normalized spacial score (nSPS) is 19.2. The van der Waals surface area contributed by atoms with E-state index in [-0.39, 0.29) is 6.61 Å². The van der Waals surface area contributed by atoms with Gasteiger partial charge in [-0.3, -0.25) is 9.80 Å². The Balaban J connectivity index is 1.19. The van der Waals surface area contributed by atoms with Gasteiger partial charge >= 0.3 is 0 Å². The number of hydrogen-bond donors (Lipinski definition) is 1. The molecule has 2 aliphatic heterocycles. The van der Waals surface area contributed by atoms with Crippen molar-refractivity contribution in [3.8, 4) is 11.5 Å². The minimum absolute atomic E-state index is 0.271. The molecule has 0 bridgehead atoms. The Labute approximate surface area is 196 Å². The first kappa shape index (κ1) is 23.4. The second kappa shape index (κ2) is 10.9. The standard InChI is InChI=1S/C26H35ClN2O3/c1-21-4-9-24(27)25(18-21)32-20-26(30)10-14-29(15-11-26)19-22-5-7-23(8-6-22)31-17-16-28-12-2-3-13-28/h4-9,18,30H,2-3,10-17,19-20H2,1H3. The van der Waals surface area contributed by atoms with Crippen LogP contribution in [0.2, 0.25) is 5.02 Å². The van der Waals surface area contributed by atoms with Crippen LogP contribution < -0.4 is 9.47 Å². The van der Waals surface area contributed by atoms with Crippen molar-refractivity contribution in [2.45, 2.75) is 44.8 Å². The van der Waals surface area contributed by atoms with Crippen molar-refractivity contribution in [3.63, 3.8) is 0 Å². The van der Waals surface area contributed by atoms with Gasteiger partial charge in [-0.1, -0.05) is 29.8 Å². The maximum atomic E-state index is 11.0. The third-order valence-corrected chi connectivity index (χ3v) is 6.89. The molecule has 2 aromatic rings. The summed E-state index contributed by atoms with van der Waals surface area (Å²) >= 11 is 6.22. The van der Waals surface area contributed by atoms with E-state index < -0.39 is 5.60 Å². The predicted octanol–water partition coefficient (Wildman–Crippen LogP) is 4.53. The van der Waals surface area contributed by atoms with Crippen molar-refractivity contribution < 1.29 is 14.6 Å². The number of benzene rings is 2. The largest absolute Gasteiger partial charge is 0.492 e. The molecular formula is C26H35ClN2O3. The fraction of sp³-hybridized carbons (Fsp3) is 0.538. The summed E-state index contributed by atoms with van der Waals surface area (Å²) in [6, 6.07) is 14.1. The number of aliphatic hydroxyl groups is 1. The summed E-state index contributed by atoms with van der Waals surface area (Å²) in [5, 5.41) is 11.5. The number of halogens is 1. The van der Waals surface area contributed by atoms with E-state index in [9.17, 15) is 5.11 Å². The smallest absolute Gasteiger partial charge is 0.138 e. The van der Waals surface area contributed by atoms with E-state index in [1.54, 1.807) is 0 Å². The van der Waals surface area contributed by atoms with Gasteiger partial charge in [-0.25, -0.2) is 0 Å². The summed E-state index contributed by atoms with van der Waals surface area (Å²) in [6.07, 6.45) is 4.01. The topological polar surface area (TPSA) is 45.2 Å². The van der Waals surface area contributed by atoms with E-state index in [0.717, 1.165) is 44.1 Å². The van der Waals surface area contributed by atoms with Gasteiger partial charge in [0.1, 0.15) is 30.3 Å². The first-order chi connectivity index (χ1) is 15.5. The van der Waals surface area contributed by atoms with Gasteiger partial charge in [-0.05, 0) is 81.1 Å². The van der Waals surface area contributed by atoms with Gasteiger partial charge in [0.15, 0.2) is 0 Å². The molecule has 2 saturated heterocycles. The minimum Gasteiger partial charge on any atom is -0.492 e. The van der Waals surface area contributed by atoms with Crippen molar-refractivity contribution >= 4 is 11.6 Å². The quantitative estimate of drug-likeness (QED) is 0.598. The number of hydrogen-bond acceptors (Lipinski definition) is 5. The summed E-state index contributed by atoms with van der Waals surface area (Å²) in [5.74, 6) is 1.58. The number of likely N-dealkylation sites (tertiary alicyclic amines) is 2. The highest BCUT2D eigenvalue weighted by Gasteiger charge is 2.33. The Kier molecular flexibility index (Phi) is 7.95. The molecule has 1 N–H and O–H groups in total. The van der Waals surface area contributed by atoms with Crippen LogP contribution in [0.15, 0.2) is 42.5 Å². The molecule has 2 aromatic carbocycles. The van der Waals surface area contributed by atoms with Crippen LogP contribution in [0.25, 0.3) is 0 Å². The third kappa shape index (κ3) is 6.61. The number of piperidine rings is 1. The highest BCUT2D eigenvalue weighted by Crippen LogP contribution is 2.29. The van der Waals surface area contributed by atoms with Gasteiger partial charge in [-0.2, -0.15) is 0 Å². The lowest BCUT2D eigenvalue weighted by molar-refractivity contribution is -0.0537. The Morgan fingerprint density at radius 3 is 2.38 bits per heavy atom. The molecule has 0 amide bonds. The summed E-state index contributed by atoms with van der Waals surface area (Å²) in [6.45, 7) is 9.02. The zero-order valence-electron chi connectivity index (χ0n) is 19.1. The van der Waals surface area contributed by atoms with E-state index in [1.807, 2.05) is 25.1 Å². The predicted molar refractivity (Wildman–Crippen MR) is 129 cm³/mol. The Hall–Kier alpha value is -1.79. The van der Waals surface area contributed by atoms with E-state index in [4.69, 9.17) is 21.1 Å². The van der Waals surface area contributed by atoms with Crippen LogP contribution in [0.4, 0.5) is 0 Å². The monoisotopic (exact) mass is 458 g/mol. The second-order valence-corrected chi connectivity index (χ2v) is 9.67. The highest BCUT2D eigenvalue weighted by atomic mass is 35.5. The van der Waals surface area contributed by atoms with Crippen LogP contribution in [-0.2, 0) is 6.54 Å². The SMILES string of the molecule is Cc1ccc(Cl)c(OCC2(O)CCN(Cc3ccc(OCCN4CCCC4)cc3)CC2)c1. The number of ether oxygens (including phenoxy) is 2. The molecule has 0 unspecified atom stereocenters. The molecule has 0 atom stereocenters. The van der Waals surface area contributed by atoms with Crippen LogP contribution in [0.5, 0.6) is 11.5 Å². The second-order valence-electron chi connectivity index (χ2n) is 9.26. The van der Waals surface area contributed by atoms with Crippen molar-refractivity contribution in [3.05, 3.63) is 58.6 Å². The first-order valence-corrected chi connectivity index (χ1v) is 12.1. The van der Waals surface area contributed by atoms with Crippen LogP contribution in [0.1, 0.15) is 36.8 Å². The van der Waals surface area contributed by atoms with E-state index >= 15 is 0 Å². The molecule has 4 rings (SSSR count). The zero-order valence-corrected chi connectivity index (χ0v) is 19.8. The minimum atomic E-state index is -0.809. The number of rotatable bonds is 9. The summed E-state index contributed by atoms with van der Waals surface area (Å²) < 4.78 is 11.8. The van der Waals surface area contributed by atoms with Crippen molar-refractivity contribution in [1.82, 2.24) is 9.80 Å². The molecule has 0 radical (unpaired) electrons. The molecule has 2 heterocycles. The van der Waals surface area contributed by atoms with Crippen molar-refractivity contribution in [2.75, 3.05) is 45.9 Å². The van der Waals surface area contributed by atoms with E-state index in [1.165, 1.54) is 31.5 Å². The molecule has 0 aromatic heterocycles. The molecule has 0 saturated carbocycles. The number of aryl methyl sites for hydroxylation is 1. The van der Waals surface area contributed by atoms with E-state index in [2.05, 4.69) is 34.1 Å². The third-order valence-electron chi connectivity index (χ3n) is 6.57. The molecule has 174 valence electrons. The van der Waals surface area contributed by atoms with Gasteiger partial charge in [0, 0.05) is 26.2 Å². The lowest BCUT2D eigenvalue weighted by Gasteiger charge is -2.38. The van der Waals surface area contributed by atoms with Crippen LogP contribution in [0, 0.1) is 6.92 Å². The summed E-state index contributed by atoms with van der Waals surface area (Å²) in [4.78, 5) is 4.85. The average molecular weight is 459 g/mol. The zero-order chi connectivity index (χ0) is 22.4. The van der Waals surface area contributed by atoms with Crippen molar-refractivity contribution in [1.29, 1.82) is 0 Å². The summed E-state index contributed by atoms with van der Waals surface area (Å²) in [7, 11) is 0. The lowest BCUT2D eigenvalue weighted by Crippen LogP contribution is -2.47. The van der Waals surface area contributed by atoms with Gasteiger partial charge < -0.3 is 14.6 Å². The maximum absolute atomic E-state index is 11.0. The first-order valence-electron chi connectivity index (χ1n) is 11.8. The van der Waals surface area contributed by atoms with Crippen LogP contribution in [-0.4, -0.2) is 66.4 Å². The Bertz CT molecular complexity index is 860. The Morgan fingerprint density at radius 2 is 1.66 bits per heavy atom.